The second-order valence-electron chi connectivity index (χ2n) is 11.9. The van der Waals surface area contributed by atoms with Gasteiger partial charge in [0.15, 0.2) is 0 Å². The molecule has 50 heavy (non-hydrogen) atoms. The predicted molar refractivity (Wildman–Crippen MR) is 195 cm³/mol. The molecule has 0 radical (unpaired) electrons. The summed E-state index contributed by atoms with van der Waals surface area (Å²) in [6.45, 7) is 8.47. The number of nitrogens with zero attached hydrogens (tertiary/aromatic N) is 6. The average Bonchev–Trinajstić information content (AvgIpc) is 3.09. The summed E-state index contributed by atoms with van der Waals surface area (Å²) in [6.07, 6.45) is 14.0. The number of hydrogen-bond acceptors (Lipinski definition) is 10. The number of aliphatic hydroxyl groups is 4. The van der Waals surface area contributed by atoms with Gasteiger partial charge in [-0.1, -0.05) is 113 Å². The maximum absolute atomic E-state index is 12.0. The van der Waals surface area contributed by atoms with Gasteiger partial charge < -0.3 is 26.6 Å². The average molecular weight is 741 g/mol. The SMILES string of the molecule is CCC(CO)N=[N+]=[N-].CCCCCCC[C@@H](O)CCOCC(CO)N=[N+]=[N-].CCCCCCC[C@@H](O)CCOS(=O)(=O)c1ccc(C)cc1.[H-].[Na+]. The minimum Gasteiger partial charge on any atom is -1.00 e. The smallest absolute Gasteiger partial charge is 1.00 e. The van der Waals surface area contributed by atoms with E-state index in [1.54, 1.807) is 12.1 Å². The number of benzene rings is 1. The Bertz CT molecular complexity index is 1110. The summed E-state index contributed by atoms with van der Waals surface area (Å²) in [4.78, 5) is 5.32. The summed E-state index contributed by atoms with van der Waals surface area (Å²) in [7, 11) is -3.72. The van der Waals surface area contributed by atoms with Crippen molar-refractivity contribution in [3.05, 3.63) is 50.7 Å². The molecule has 14 nitrogen and oxygen atoms in total. The molecule has 16 heteroatoms. The Hall–Kier alpha value is -1.45. The fraction of sp³-hybridized carbons (Fsp3) is 0.824. The normalized spacial score (nSPS) is 13.0. The van der Waals surface area contributed by atoms with Crippen molar-refractivity contribution in [2.75, 3.05) is 33.0 Å². The van der Waals surface area contributed by atoms with Crippen molar-refractivity contribution in [1.29, 1.82) is 0 Å². The van der Waals surface area contributed by atoms with E-state index in [1.807, 2.05) is 13.8 Å². The molecule has 0 bridgehead atoms. The molecule has 286 valence electrons. The van der Waals surface area contributed by atoms with Crippen LogP contribution in [0.3, 0.4) is 0 Å². The Kier molecular flexibility index (Phi) is 39.5. The molecule has 0 fully saturated rings. The standard InChI is InChI=1S/C17H28O4S.C13H27N3O3.C4H9N3O.Na.H/c1-3-4-5-6-7-8-16(18)13-14-21-22(19,20)17-11-9-15(2)10-12-17;1-2-3-4-5-6-7-13(18)8-9-19-11-12(10-17)15-16-14;1-2-4(3-8)6-7-5;;/h9-12,16,18H,3-8,13-14H2,1-2H3;12-13,17-18H,2-11H2,1H3;4,8H,2-3H2,1H3;;/q;;;+1;-1/t16-;12?,13-;;;/m11.../s1. The largest absolute Gasteiger partial charge is 1.00 e. The van der Waals surface area contributed by atoms with Crippen LogP contribution in [0.25, 0.3) is 20.9 Å². The number of unbranched alkanes of at least 4 members (excludes halogenated alkanes) is 8. The molecular weight excluding hydrogens is 675 g/mol. The van der Waals surface area contributed by atoms with Crippen LogP contribution in [-0.4, -0.2) is 86.2 Å². The predicted octanol–water partition coefficient (Wildman–Crippen LogP) is 4.78. The molecule has 0 aromatic heterocycles. The van der Waals surface area contributed by atoms with Gasteiger partial charge in [0, 0.05) is 16.4 Å². The maximum atomic E-state index is 12.0. The Balaban J connectivity index is -0.000000349. The van der Waals surface area contributed by atoms with Gasteiger partial charge >= 0.3 is 29.6 Å². The molecule has 0 saturated heterocycles. The maximum Gasteiger partial charge on any atom is 1.00 e. The van der Waals surface area contributed by atoms with Crippen LogP contribution in [0.15, 0.2) is 39.4 Å². The molecule has 1 aromatic carbocycles. The van der Waals surface area contributed by atoms with E-state index in [2.05, 4.69) is 33.9 Å². The molecule has 4 N–H and O–H groups in total. The Morgan fingerprint density at radius 1 is 0.740 bits per heavy atom. The molecule has 1 aromatic rings. The van der Waals surface area contributed by atoms with E-state index in [-0.39, 0.29) is 74.5 Å². The molecule has 0 aliphatic rings. The fourth-order valence-electron chi connectivity index (χ4n) is 4.28. The molecule has 0 amide bonds. The summed E-state index contributed by atoms with van der Waals surface area (Å²) in [5.41, 5.74) is 17.1. The topological polar surface area (TPSA) is 231 Å². The first-order chi connectivity index (χ1) is 23.5. The van der Waals surface area contributed by atoms with E-state index in [0.717, 1.165) is 31.2 Å². The van der Waals surface area contributed by atoms with Crippen LogP contribution in [0, 0.1) is 6.92 Å². The third kappa shape index (κ3) is 32.5. The zero-order valence-corrected chi connectivity index (χ0v) is 34.1. The minimum atomic E-state index is -3.72. The number of azide groups is 2. The summed E-state index contributed by atoms with van der Waals surface area (Å²) in [5.74, 6) is 0. The van der Waals surface area contributed by atoms with Crippen LogP contribution in [-0.2, 0) is 19.0 Å². The first kappa shape index (κ1) is 52.9. The van der Waals surface area contributed by atoms with Gasteiger partial charge in [-0.15, -0.1) is 0 Å². The third-order valence-corrected chi connectivity index (χ3v) is 8.84. The van der Waals surface area contributed by atoms with Crippen LogP contribution in [0.5, 0.6) is 0 Å². The molecule has 0 spiro atoms. The van der Waals surface area contributed by atoms with Crippen molar-refractivity contribution in [2.45, 2.75) is 153 Å². The minimum absolute atomic E-state index is 0. The quantitative estimate of drug-likeness (QED) is 0.0244. The molecular formula is C34H65N6NaO8S. The van der Waals surface area contributed by atoms with Gasteiger partial charge in [0.2, 0.25) is 0 Å². The third-order valence-electron chi connectivity index (χ3n) is 7.51. The van der Waals surface area contributed by atoms with Gasteiger partial charge in [-0.05, 0) is 62.2 Å². The van der Waals surface area contributed by atoms with Crippen molar-refractivity contribution < 1.29 is 68.7 Å². The molecule has 0 heterocycles. The molecule has 0 aliphatic heterocycles. The molecule has 2 unspecified atom stereocenters. The van der Waals surface area contributed by atoms with Crippen molar-refractivity contribution in [3.63, 3.8) is 0 Å². The monoisotopic (exact) mass is 740 g/mol. The van der Waals surface area contributed by atoms with Crippen LogP contribution >= 0.6 is 0 Å². The van der Waals surface area contributed by atoms with E-state index in [0.29, 0.717) is 32.3 Å². The molecule has 4 atom stereocenters. The summed E-state index contributed by atoms with van der Waals surface area (Å²) in [6, 6.07) is 5.78. The molecule has 1 rings (SSSR count). The van der Waals surface area contributed by atoms with Crippen LogP contribution in [0.1, 0.15) is 124 Å². The van der Waals surface area contributed by atoms with Gasteiger partial charge in [-0.25, -0.2) is 0 Å². The number of rotatable bonds is 27. The van der Waals surface area contributed by atoms with Crippen LogP contribution < -0.4 is 29.6 Å². The van der Waals surface area contributed by atoms with Crippen molar-refractivity contribution >= 4 is 10.1 Å². The van der Waals surface area contributed by atoms with E-state index in [9.17, 15) is 18.6 Å². The summed E-state index contributed by atoms with van der Waals surface area (Å²) in [5, 5.41) is 43.5. The zero-order valence-electron chi connectivity index (χ0n) is 32.3. The second-order valence-corrected chi connectivity index (χ2v) is 13.6. The molecule has 0 aliphatic carbocycles. The van der Waals surface area contributed by atoms with E-state index in [1.165, 1.54) is 57.1 Å². The number of aliphatic hydroxyl groups excluding tert-OH is 4. The van der Waals surface area contributed by atoms with Gasteiger partial charge in [-0.3, -0.25) is 4.18 Å². The van der Waals surface area contributed by atoms with Gasteiger partial charge in [-0.2, -0.15) is 8.42 Å². The summed E-state index contributed by atoms with van der Waals surface area (Å²) < 4.78 is 34.2. The number of aryl methyl sites for hydroxylation is 1. The number of ether oxygens (including phenoxy) is 1. The first-order valence-electron chi connectivity index (χ1n) is 17.7. The summed E-state index contributed by atoms with van der Waals surface area (Å²) >= 11 is 0. The van der Waals surface area contributed by atoms with Crippen molar-refractivity contribution in [3.8, 4) is 0 Å². The van der Waals surface area contributed by atoms with E-state index >= 15 is 0 Å². The van der Waals surface area contributed by atoms with Gasteiger partial charge in [0.1, 0.15) is 0 Å². The van der Waals surface area contributed by atoms with Crippen LogP contribution in [0.4, 0.5) is 0 Å². The van der Waals surface area contributed by atoms with Crippen molar-refractivity contribution in [2.24, 2.45) is 10.2 Å². The van der Waals surface area contributed by atoms with Gasteiger partial charge in [0.25, 0.3) is 10.1 Å². The van der Waals surface area contributed by atoms with Gasteiger partial charge in [0.05, 0.1) is 55.6 Å². The molecule has 0 saturated carbocycles. The Labute approximate surface area is 324 Å². The number of hydrogen-bond donors (Lipinski definition) is 4. The first-order valence-corrected chi connectivity index (χ1v) is 19.2. The Morgan fingerprint density at radius 2 is 1.20 bits per heavy atom. The van der Waals surface area contributed by atoms with Crippen molar-refractivity contribution in [1.82, 2.24) is 0 Å². The zero-order chi connectivity index (χ0) is 37.2. The van der Waals surface area contributed by atoms with E-state index in [4.69, 9.17) is 30.2 Å². The van der Waals surface area contributed by atoms with E-state index < -0.39 is 22.3 Å². The Morgan fingerprint density at radius 3 is 1.62 bits per heavy atom. The van der Waals surface area contributed by atoms with Crippen LogP contribution in [0.2, 0.25) is 0 Å². The second kappa shape index (κ2) is 37.3. The fourth-order valence-corrected chi connectivity index (χ4v) is 5.20.